The van der Waals surface area contributed by atoms with E-state index in [1.165, 1.54) is 36.5 Å². The molecular weight excluding hydrogens is 574 g/mol. The van der Waals surface area contributed by atoms with E-state index in [1.54, 1.807) is 12.1 Å². The molecule has 0 heterocycles. The summed E-state index contributed by atoms with van der Waals surface area (Å²) in [7, 11) is 0. The van der Waals surface area contributed by atoms with E-state index in [0.29, 0.717) is 17.2 Å². The van der Waals surface area contributed by atoms with Gasteiger partial charge >= 0.3 is 11.9 Å². The molecular formula is C40H53NO5. The summed E-state index contributed by atoms with van der Waals surface area (Å²) in [6.45, 7) is 20.5. The van der Waals surface area contributed by atoms with Crippen molar-refractivity contribution in [3.63, 3.8) is 0 Å². The van der Waals surface area contributed by atoms with Crippen LogP contribution in [0.4, 0.5) is 0 Å². The molecule has 6 heteroatoms. The average Bonchev–Trinajstić information content (AvgIpc) is 2.96. The maximum absolute atomic E-state index is 12.6. The molecule has 6 nitrogen and oxygen atoms in total. The van der Waals surface area contributed by atoms with Crippen molar-refractivity contribution in [1.29, 1.82) is 0 Å². The number of carbonyl (C=O) groups excluding carboxylic acids is 1. The van der Waals surface area contributed by atoms with Gasteiger partial charge in [0.2, 0.25) is 0 Å². The van der Waals surface area contributed by atoms with Crippen LogP contribution >= 0.6 is 0 Å². The highest BCUT2D eigenvalue weighted by Crippen LogP contribution is 2.41. The van der Waals surface area contributed by atoms with Crippen molar-refractivity contribution < 1.29 is 24.2 Å². The number of nitrogens with two attached hydrogens (primary N) is 1. The minimum atomic E-state index is -1.03. The lowest BCUT2D eigenvalue weighted by Crippen LogP contribution is -2.32. The van der Waals surface area contributed by atoms with Gasteiger partial charge in [0.25, 0.3) is 0 Å². The monoisotopic (exact) mass is 627 g/mol. The Balaban J connectivity index is 0.00000361. The Morgan fingerprint density at radius 3 is 2.22 bits per heavy atom. The number of hydrogen-bond acceptors (Lipinski definition) is 5. The van der Waals surface area contributed by atoms with E-state index in [-0.39, 0.29) is 11.8 Å². The SMILES string of the molecule is CC.CC1=C(/C=C/C(C)=C/C=C/C(C)=C/C(=O)Oc2ccc(Oc3c(C)cc(CC(N)C(=O)O)cc3C)cc2C)C(C)(C)CCC1. The molecule has 0 fully saturated rings. The predicted octanol–water partition coefficient (Wildman–Crippen LogP) is 9.82. The second-order valence-corrected chi connectivity index (χ2v) is 12.6. The molecule has 1 aliphatic carbocycles. The zero-order valence-corrected chi connectivity index (χ0v) is 29.4. The lowest BCUT2D eigenvalue weighted by molar-refractivity contribution is -0.138. The van der Waals surface area contributed by atoms with E-state index in [1.807, 2.05) is 78.0 Å². The van der Waals surface area contributed by atoms with Crippen LogP contribution in [0.15, 0.2) is 89.1 Å². The highest BCUT2D eigenvalue weighted by atomic mass is 16.5. The summed E-state index contributed by atoms with van der Waals surface area (Å²) in [5.74, 6) is 0.271. The first-order valence-electron chi connectivity index (χ1n) is 16.2. The van der Waals surface area contributed by atoms with Crippen molar-refractivity contribution in [3.8, 4) is 17.2 Å². The zero-order chi connectivity index (χ0) is 34.6. The Morgan fingerprint density at radius 1 is 0.978 bits per heavy atom. The van der Waals surface area contributed by atoms with E-state index in [2.05, 4.69) is 39.8 Å². The molecule has 3 rings (SSSR count). The molecule has 1 aliphatic rings. The van der Waals surface area contributed by atoms with Gasteiger partial charge in [0.05, 0.1) is 0 Å². The van der Waals surface area contributed by atoms with Crippen molar-refractivity contribution >= 4 is 11.9 Å². The maximum Gasteiger partial charge on any atom is 0.336 e. The van der Waals surface area contributed by atoms with Crippen LogP contribution < -0.4 is 15.2 Å². The molecule has 0 aromatic heterocycles. The summed E-state index contributed by atoms with van der Waals surface area (Å²) in [6, 6.07) is 8.12. The fourth-order valence-corrected chi connectivity index (χ4v) is 5.58. The van der Waals surface area contributed by atoms with Gasteiger partial charge in [-0.3, -0.25) is 4.79 Å². The smallest absolute Gasteiger partial charge is 0.336 e. The first-order valence-corrected chi connectivity index (χ1v) is 16.2. The topological polar surface area (TPSA) is 98.9 Å². The Labute approximate surface area is 276 Å². The maximum atomic E-state index is 12.6. The van der Waals surface area contributed by atoms with Crippen LogP contribution in [0.25, 0.3) is 0 Å². The summed E-state index contributed by atoms with van der Waals surface area (Å²) >= 11 is 0. The number of esters is 1. The van der Waals surface area contributed by atoms with E-state index < -0.39 is 18.0 Å². The van der Waals surface area contributed by atoms with Gasteiger partial charge in [0, 0.05) is 6.08 Å². The van der Waals surface area contributed by atoms with Gasteiger partial charge in [-0.2, -0.15) is 0 Å². The van der Waals surface area contributed by atoms with E-state index in [4.69, 9.17) is 20.3 Å². The first kappa shape index (κ1) is 38.0. The number of benzene rings is 2. The molecule has 1 atom stereocenters. The third kappa shape index (κ3) is 11.3. The third-order valence-corrected chi connectivity index (χ3v) is 7.99. The standard InChI is InChI=1S/C38H47NO5.C2H6/c1-24(14-16-32-26(3)13-10-18-38(32,7)8)11-9-12-25(2)19-35(40)44-34-17-15-31(22-27(34)4)43-36-28(5)20-30(21-29(36)6)23-33(39)37(41)42;1-2/h9,11-12,14-17,19-22,33H,10,13,18,23,39H2,1-8H3,(H,41,42);1-2H3/b12-9+,16-14+,24-11+,25-19+;. The number of carboxylic acid groups (broad SMARTS) is 1. The second kappa shape index (κ2) is 17.5. The molecule has 2 aromatic rings. The summed E-state index contributed by atoms with van der Waals surface area (Å²) < 4.78 is 11.8. The van der Waals surface area contributed by atoms with Gasteiger partial charge < -0.3 is 20.3 Å². The van der Waals surface area contributed by atoms with Crippen molar-refractivity contribution in [1.82, 2.24) is 0 Å². The number of aliphatic carboxylic acids is 1. The van der Waals surface area contributed by atoms with Crippen molar-refractivity contribution in [3.05, 3.63) is 111 Å². The summed E-state index contributed by atoms with van der Waals surface area (Å²) in [5.41, 5.74) is 14.1. The molecule has 46 heavy (non-hydrogen) atoms. The van der Waals surface area contributed by atoms with Crippen LogP contribution in [-0.2, 0) is 16.0 Å². The zero-order valence-electron chi connectivity index (χ0n) is 29.4. The second-order valence-electron chi connectivity index (χ2n) is 12.6. The Hall–Kier alpha value is -4.16. The summed E-state index contributed by atoms with van der Waals surface area (Å²) in [4.78, 5) is 23.7. The summed E-state index contributed by atoms with van der Waals surface area (Å²) in [6.07, 6.45) is 15.7. The minimum Gasteiger partial charge on any atom is -0.480 e. The van der Waals surface area contributed by atoms with Crippen LogP contribution in [-0.4, -0.2) is 23.1 Å². The predicted molar refractivity (Wildman–Crippen MR) is 190 cm³/mol. The van der Waals surface area contributed by atoms with Crippen LogP contribution in [0.2, 0.25) is 0 Å². The Kier molecular flexibility index (Phi) is 14.5. The number of carboxylic acids is 1. The number of allylic oxidation sites excluding steroid dienone is 9. The largest absolute Gasteiger partial charge is 0.480 e. The third-order valence-electron chi connectivity index (χ3n) is 7.99. The molecule has 0 saturated carbocycles. The van der Waals surface area contributed by atoms with E-state index in [9.17, 15) is 9.59 Å². The quantitative estimate of drug-likeness (QED) is 0.111. The number of hydrogen-bond donors (Lipinski definition) is 2. The molecule has 1 unspecified atom stereocenters. The van der Waals surface area contributed by atoms with Gasteiger partial charge in [0.15, 0.2) is 0 Å². The molecule has 3 N–H and O–H groups in total. The number of rotatable bonds is 11. The van der Waals surface area contributed by atoms with Crippen LogP contribution in [0.1, 0.15) is 90.0 Å². The van der Waals surface area contributed by atoms with Crippen molar-refractivity contribution in [2.24, 2.45) is 11.1 Å². The lowest BCUT2D eigenvalue weighted by atomic mass is 9.72. The van der Waals surface area contributed by atoms with Gasteiger partial charge in [-0.25, -0.2) is 4.79 Å². The Morgan fingerprint density at radius 2 is 1.63 bits per heavy atom. The van der Waals surface area contributed by atoms with E-state index in [0.717, 1.165) is 33.4 Å². The number of aryl methyl sites for hydroxylation is 3. The van der Waals surface area contributed by atoms with Gasteiger partial charge in [0.1, 0.15) is 23.3 Å². The lowest BCUT2D eigenvalue weighted by Gasteiger charge is -2.32. The average molecular weight is 628 g/mol. The van der Waals surface area contributed by atoms with Gasteiger partial charge in [-0.1, -0.05) is 81.4 Å². The first-order chi connectivity index (χ1) is 21.7. The fraction of sp³-hybridized carbons (Fsp3) is 0.400. The summed E-state index contributed by atoms with van der Waals surface area (Å²) in [5, 5.41) is 9.11. The highest BCUT2D eigenvalue weighted by molar-refractivity contribution is 5.85. The molecule has 0 bridgehead atoms. The Bertz CT molecular complexity index is 1530. The number of ether oxygens (including phenoxy) is 2. The normalized spacial score (nSPS) is 15.9. The molecule has 0 amide bonds. The molecule has 0 spiro atoms. The highest BCUT2D eigenvalue weighted by Gasteiger charge is 2.26. The van der Waals surface area contributed by atoms with Crippen LogP contribution in [0, 0.1) is 26.2 Å². The van der Waals surface area contributed by atoms with Crippen molar-refractivity contribution in [2.45, 2.75) is 101 Å². The van der Waals surface area contributed by atoms with Crippen molar-refractivity contribution in [2.75, 3.05) is 0 Å². The van der Waals surface area contributed by atoms with Gasteiger partial charge in [-0.15, -0.1) is 0 Å². The molecule has 0 saturated heterocycles. The fourth-order valence-electron chi connectivity index (χ4n) is 5.58. The molecule has 0 radical (unpaired) electrons. The van der Waals surface area contributed by atoms with Crippen LogP contribution in [0.3, 0.4) is 0 Å². The van der Waals surface area contributed by atoms with Gasteiger partial charge in [-0.05, 0) is 124 Å². The molecule has 2 aromatic carbocycles. The molecule has 0 aliphatic heterocycles. The van der Waals surface area contributed by atoms with Crippen LogP contribution in [0.5, 0.6) is 17.2 Å². The van der Waals surface area contributed by atoms with E-state index >= 15 is 0 Å². The molecule has 248 valence electrons. The number of carbonyl (C=O) groups is 2. The minimum absolute atomic E-state index is 0.214.